The summed E-state index contributed by atoms with van der Waals surface area (Å²) in [6.45, 7) is 0. The molecule has 5 rings (SSSR count). The predicted octanol–water partition coefficient (Wildman–Crippen LogP) is 5.27. The molecule has 0 saturated carbocycles. The first kappa shape index (κ1) is 16.7. The van der Waals surface area contributed by atoms with Crippen molar-refractivity contribution in [3.63, 3.8) is 0 Å². The van der Waals surface area contributed by atoms with Gasteiger partial charge >= 0.3 is 0 Å². The zero-order valence-corrected chi connectivity index (χ0v) is 15.8. The number of nitrogens with zero attached hydrogens (tertiary/aromatic N) is 4. The van der Waals surface area contributed by atoms with Gasteiger partial charge in [-0.25, -0.2) is 4.98 Å². The van der Waals surface area contributed by atoms with Crippen molar-refractivity contribution in [2.75, 3.05) is 7.11 Å². The Bertz CT molecular complexity index is 1310. The lowest BCUT2D eigenvalue weighted by Crippen LogP contribution is -1.98. The normalized spacial score (nSPS) is 11.2. The van der Waals surface area contributed by atoms with E-state index < -0.39 is 0 Å². The van der Waals surface area contributed by atoms with E-state index in [0.717, 1.165) is 33.4 Å². The summed E-state index contributed by atoms with van der Waals surface area (Å²) in [6, 6.07) is 21.6. The number of benzene rings is 2. The summed E-state index contributed by atoms with van der Waals surface area (Å²) < 4.78 is 7.50. The van der Waals surface area contributed by atoms with E-state index in [-0.39, 0.29) is 0 Å². The van der Waals surface area contributed by atoms with Crippen molar-refractivity contribution in [2.45, 2.75) is 0 Å². The van der Waals surface area contributed by atoms with Crippen LogP contribution in [0.2, 0.25) is 5.02 Å². The molecule has 0 spiro atoms. The summed E-state index contributed by atoms with van der Waals surface area (Å²) >= 11 is 6.26. The van der Waals surface area contributed by atoms with E-state index in [9.17, 15) is 0 Å². The molecule has 6 heteroatoms. The standard InChI is InChI=1S/C22H15ClN4O/c1-28-19-10-9-16(23)13-18(19)22-26-25-21-17(14-6-3-2-4-7-14)12-15-8-5-11-24-20(15)27(21)22/h2-13H,1H3. The number of methoxy groups -OCH3 is 1. The average molecular weight is 387 g/mol. The number of halogens is 1. The zero-order chi connectivity index (χ0) is 19.1. The largest absolute Gasteiger partial charge is 0.496 e. The molecule has 3 heterocycles. The number of hydrogen-bond acceptors (Lipinski definition) is 4. The first-order chi connectivity index (χ1) is 13.8. The molecule has 0 N–H and O–H groups in total. The molecule has 0 unspecified atom stereocenters. The number of hydrogen-bond donors (Lipinski definition) is 0. The smallest absolute Gasteiger partial charge is 0.173 e. The predicted molar refractivity (Wildman–Crippen MR) is 111 cm³/mol. The maximum Gasteiger partial charge on any atom is 0.173 e. The Morgan fingerprint density at radius 1 is 0.857 bits per heavy atom. The summed E-state index contributed by atoms with van der Waals surface area (Å²) in [6.07, 6.45) is 1.77. The average Bonchev–Trinajstić information content (AvgIpc) is 3.19. The maximum absolute atomic E-state index is 6.26. The van der Waals surface area contributed by atoms with E-state index in [0.29, 0.717) is 16.6 Å². The SMILES string of the molecule is COc1ccc(Cl)cc1-c1nnc2c(-c3ccccc3)cc3cccnc3n12. The van der Waals surface area contributed by atoms with Crippen LogP contribution in [0.15, 0.2) is 72.9 Å². The summed E-state index contributed by atoms with van der Waals surface area (Å²) in [5, 5.41) is 10.6. The molecule has 0 amide bonds. The third-order valence-electron chi connectivity index (χ3n) is 4.72. The lowest BCUT2D eigenvalue weighted by atomic mass is 10.1. The van der Waals surface area contributed by atoms with Crippen molar-refractivity contribution in [2.24, 2.45) is 0 Å². The van der Waals surface area contributed by atoms with Crippen LogP contribution in [0.3, 0.4) is 0 Å². The number of rotatable bonds is 3. The topological polar surface area (TPSA) is 52.3 Å². The van der Waals surface area contributed by atoms with E-state index >= 15 is 0 Å². The lowest BCUT2D eigenvalue weighted by molar-refractivity contribution is 0.416. The number of pyridine rings is 2. The molecule has 0 aliphatic heterocycles. The van der Waals surface area contributed by atoms with Gasteiger partial charge in [-0.05, 0) is 42.0 Å². The highest BCUT2D eigenvalue weighted by atomic mass is 35.5. The summed E-state index contributed by atoms with van der Waals surface area (Å²) in [7, 11) is 1.63. The van der Waals surface area contributed by atoms with Gasteiger partial charge in [-0.15, -0.1) is 10.2 Å². The summed E-state index contributed by atoms with van der Waals surface area (Å²) in [4.78, 5) is 4.59. The van der Waals surface area contributed by atoms with Gasteiger partial charge in [0.1, 0.15) is 11.4 Å². The Kier molecular flexibility index (Phi) is 3.95. The molecular formula is C22H15ClN4O. The molecular weight excluding hydrogens is 372 g/mol. The Balaban J connectivity index is 1.92. The minimum atomic E-state index is 0.601. The zero-order valence-electron chi connectivity index (χ0n) is 15.0. The molecule has 5 nitrogen and oxygen atoms in total. The molecule has 28 heavy (non-hydrogen) atoms. The van der Waals surface area contributed by atoms with Gasteiger partial charge in [-0.2, -0.15) is 0 Å². The van der Waals surface area contributed by atoms with E-state index in [1.165, 1.54) is 0 Å². The van der Waals surface area contributed by atoms with E-state index in [4.69, 9.17) is 16.3 Å². The van der Waals surface area contributed by atoms with Gasteiger partial charge in [0.2, 0.25) is 0 Å². The highest BCUT2D eigenvalue weighted by Crippen LogP contribution is 2.35. The van der Waals surface area contributed by atoms with Gasteiger partial charge in [-0.1, -0.05) is 41.9 Å². The Morgan fingerprint density at radius 2 is 1.71 bits per heavy atom. The highest BCUT2D eigenvalue weighted by Gasteiger charge is 2.19. The van der Waals surface area contributed by atoms with E-state index in [1.807, 2.05) is 46.9 Å². The summed E-state index contributed by atoms with van der Waals surface area (Å²) in [5.74, 6) is 1.31. The molecule has 0 atom stereocenters. The second-order valence-electron chi connectivity index (χ2n) is 6.37. The van der Waals surface area contributed by atoms with Crippen LogP contribution in [-0.4, -0.2) is 26.7 Å². The Hall–Kier alpha value is -3.44. The van der Waals surface area contributed by atoms with Gasteiger partial charge in [0, 0.05) is 22.2 Å². The van der Waals surface area contributed by atoms with Gasteiger partial charge in [0.15, 0.2) is 11.5 Å². The Morgan fingerprint density at radius 3 is 2.54 bits per heavy atom. The molecule has 2 aromatic carbocycles. The fraction of sp³-hybridized carbons (Fsp3) is 0.0455. The summed E-state index contributed by atoms with van der Waals surface area (Å²) in [5.41, 5.74) is 4.32. The highest BCUT2D eigenvalue weighted by molar-refractivity contribution is 6.31. The fourth-order valence-electron chi connectivity index (χ4n) is 3.45. The minimum absolute atomic E-state index is 0.601. The van der Waals surface area contributed by atoms with Crippen LogP contribution in [0, 0.1) is 0 Å². The number of aromatic nitrogens is 4. The first-order valence-corrected chi connectivity index (χ1v) is 9.16. The van der Waals surface area contributed by atoms with Crippen molar-refractivity contribution in [1.82, 2.24) is 19.6 Å². The molecule has 0 aliphatic carbocycles. The molecule has 0 aliphatic rings. The third kappa shape index (κ3) is 2.60. The van der Waals surface area contributed by atoms with Crippen LogP contribution in [-0.2, 0) is 0 Å². The van der Waals surface area contributed by atoms with Gasteiger partial charge < -0.3 is 4.74 Å². The molecule has 0 radical (unpaired) electrons. The van der Waals surface area contributed by atoms with Crippen LogP contribution in [0.25, 0.3) is 39.2 Å². The molecule has 136 valence electrons. The van der Waals surface area contributed by atoms with Crippen LogP contribution in [0.4, 0.5) is 0 Å². The number of fused-ring (bicyclic) bond motifs is 3. The van der Waals surface area contributed by atoms with Crippen LogP contribution >= 0.6 is 11.6 Å². The van der Waals surface area contributed by atoms with E-state index in [1.54, 1.807) is 19.4 Å². The fourth-order valence-corrected chi connectivity index (χ4v) is 3.62. The van der Waals surface area contributed by atoms with Crippen molar-refractivity contribution >= 4 is 28.3 Å². The third-order valence-corrected chi connectivity index (χ3v) is 4.95. The Labute approximate surface area is 166 Å². The molecule has 0 saturated heterocycles. The minimum Gasteiger partial charge on any atom is -0.496 e. The second kappa shape index (κ2) is 6.62. The van der Waals surface area contributed by atoms with E-state index in [2.05, 4.69) is 33.4 Å². The van der Waals surface area contributed by atoms with Crippen molar-refractivity contribution in [3.8, 4) is 28.3 Å². The maximum atomic E-state index is 6.26. The second-order valence-corrected chi connectivity index (χ2v) is 6.80. The van der Waals surface area contributed by atoms with Crippen molar-refractivity contribution in [3.05, 3.63) is 77.9 Å². The molecule has 3 aromatic heterocycles. The van der Waals surface area contributed by atoms with Gasteiger partial charge in [0.05, 0.1) is 12.7 Å². The van der Waals surface area contributed by atoms with Crippen LogP contribution in [0.1, 0.15) is 0 Å². The van der Waals surface area contributed by atoms with Crippen LogP contribution in [0.5, 0.6) is 5.75 Å². The first-order valence-electron chi connectivity index (χ1n) is 8.78. The number of ether oxygens (including phenoxy) is 1. The van der Waals surface area contributed by atoms with Crippen LogP contribution < -0.4 is 4.74 Å². The van der Waals surface area contributed by atoms with Gasteiger partial charge in [0.25, 0.3) is 0 Å². The van der Waals surface area contributed by atoms with Crippen molar-refractivity contribution < 1.29 is 4.74 Å². The van der Waals surface area contributed by atoms with Crippen molar-refractivity contribution in [1.29, 1.82) is 0 Å². The molecule has 5 aromatic rings. The lowest BCUT2D eigenvalue weighted by Gasteiger charge is -2.11. The monoisotopic (exact) mass is 386 g/mol. The molecule has 0 bridgehead atoms. The quantitative estimate of drug-likeness (QED) is 0.423. The molecule has 0 fully saturated rings. The van der Waals surface area contributed by atoms with Gasteiger partial charge in [-0.3, -0.25) is 4.40 Å².